The fraction of sp³-hybridized carbons (Fsp3) is 0.176. The number of fused-ring (bicyclic) bond motifs is 20. The molecule has 9 heterocycles. The van der Waals surface area contributed by atoms with E-state index in [0.29, 0.717) is 161 Å². The van der Waals surface area contributed by atoms with Crippen LogP contribution in [0.4, 0.5) is 0 Å². The summed E-state index contributed by atoms with van der Waals surface area (Å²) in [6.07, 6.45) is 2.50. The minimum Gasteiger partial charge on any atom is -0.457 e. The normalized spacial score (nSPS) is 21.9. The molecule has 4 saturated heterocycles. The van der Waals surface area contributed by atoms with Crippen molar-refractivity contribution in [3.63, 3.8) is 0 Å². The number of ether oxygens (including phenoxy) is 4. The Labute approximate surface area is 647 Å². The van der Waals surface area contributed by atoms with Crippen molar-refractivity contribution in [2.24, 2.45) is 0 Å². The van der Waals surface area contributed by atoms with Crippen molar-refractivity contribution < 1.29 is 38.4 Å². The van der Waals surface area contributed by atoms with Gasteiger partial charge < -0.3 is 48.9 Å². The molecule has 6 aliphatic heterocycles. The van der Waals surface area contributed by atoms with E-state index in [1.165, 1.54) is 0 Å². The van der Waals surface area contributed by atoms with E-state index in [-0.39, 0.29) is 68.8 Å². The fourth-order valence-corrected chi connectivity index (χ4v) is 15.8. The largest absolute Gasteiger partial charge is 2.00 e. The summed E-state index contributed by atoms with van der Waals surface area (Å²) in [4.78, 5) is 42.2. The van der Waals surface area contributed by atoms with Crippen LogP contribution in [-0.2, 0) is 45.2 Å². The SMILES string of the molecule is [B][10B]C1[10B]([B])C1([10B][B])Cc1ccc(Oc2ccc3c(c2)-c2nc-3nc3[n-]c(nc4nc(nc5[n-]c(n2)c2cc(Oc6ccc(CC7([10B][B])[10B]([B])C7[10B][B])cc6)ccc52)-c2ccc(Oc5ccc(CC6([10B][B])[10B]([B])C6[10B][B])cc5)cc2-4)c2cc(Oc4ccc(CC5([10B][B])[10B]([B])C5[10B][B])cc4)ccc32)cc1.[Zn+2]. The van der Waals surface area contributed by atoms with Crippen molar-refractivity contribution in [3.8, 4) is 91.5 Å². The molecule has 6 aliphatic rings. The van der Waals surface area contributed by atoms with E-state index in [1.54, 1.807) is 57.4 Å². The monoisotopic (exact) mass is 1350 g/mol. The molecule has 0 saturated carbocycles. The van der Waals surface area contributed by atoms with Gasteiger partial charge in [-0.3, -0.25) is 0 Å². The second-order valence-corrected chi connectivity index (χ2v) is 28.1. The van der Waals surface area contributed by atoms with Gasteiger partial charge in [-0.05, 0) is 191 Å². The number of nitrogens with zero attached hydrogens (tertiary/aromatic N) is 8. The zero-order valence-electron chi connectivity index (χ0n) is 57.1. The van der Waals surface area contributed by atoms with Gasteiger partial charge in [0.1, 0.15) is 46.0 Å². The maximum Gasteiger partial charge on any atom is 2.00 e. The number of hydrogen-bond acceptors (Lipinski definition) is 10. The molecule has 0 spiro atoms. The van der Waals surface area contributed by atoms with E-state index < -0.39 is 20.9 Å². The van der Waals surface area contributed by atoms with Crippen molar-refractivity contribution in [3.05, 3.63) is 192 Å². The van der Waals surface area contributed by atoms with Gasteiger partial charge in [0, 0.05) is 166 Å². The van der Waals surface area contributed by atoms with Gasteiger partial charge in [-0.25, -0.2) is 9.97 Å². The van der Waals surface area contributed by atoms with Crippen molar-refractivity contribution in [2.75, 3.05) is 0 Å². The maximum atomic E-state index is 6.61. The first-order valence-electron chi connectivity index (χ1n) is 34.4. The summed E-state index contributed by atoms with van der Waals surface area (Å²) in [5, 5.41) is 0.892. The van der Waals surface area contributed by atoms with E-state index in [0.717, 1.165) is 22.3 Å². The summed E-state index contributed by atoms with van der Waals surface area (Å²) < 4.78 is 26.5. The van der Waals surface area contributed by atoms with Crippen LogP contribution in [0.1, 0.15) is 22.3 Å². The Hall–Kier alpha value is -7.50. The quantitative estimate of drug-likeness (QED) is 0.0605. The maximum absolute atomic E-state index is 6.61. The summed E-state index contributed by atoms with van der Waals surface area (Å²) in [5.41, 5.74) is 7.88. The molecular formula is C68H40B24N8O4Zn. The zero-order valence-corrected chi connectivity index (χ0v) is 60.0. The molecular weight excluding hydrogens is 1310 g/mol. The predicted octanol–water partition coefficient (Wildman–Crippen LogP) is 6.56. The first kappa shape index (κ1) is 71.7. The Kier molecular flexibility index (Phi) is 19.3. The Morgan fingerprint density at radius 3 is 0.790 bits per heavy atom. The molecule has 8 unspecified atom stereocenters. The Balaban J connectivity index is 0.00000847. The van der Waals surface area contributed by atoms with Crippen LogP contribution >= 0.6 is 0 Å². The summed E-state index contributed by atoms with van der Waals surface area (Å²) in [5.74, 6) is 5.70. The molecule has 12 nitrogen and oxygen atoms in total. The van der Waals surface area contributed by atoms with Crippen LogP contribution in [0, 0.1) is 0 Å². The van der Waals surface area contributed by atoms with Crippen molar-refractivity contribution in [2.45, 2.75) is 69.4 Å². The van der Waals surface area contributed by atoms with Gasteiger partial charge in [0.05, 0.1) is 78.4 Å². The average Bonchev–Trinajstić information content (AvgIpc) is 1.57. The topological polar surface area (TPSA) is 142 Å². The molecule has 8 aromatic carbocycles. The minimum atomic E-state index is -0.414. The van der Waals surface area contributed by atoms with Gasteiger partial charge in [0.2, 0.25) is 0 Å². The van der Waals surface area contributed by atoms with E-state index in [9.17, 15) is 0 Å². The average molecular weight is 1350 g/mol. The predicted molar refractivity (Wildman–Crippen MR) is 439 cm³/mol. The molecule has 8 atom stereocenters. The van der Waals surface area contributed by atoms with E-state index in [1.807, 2.05) is 170 Å². The fourth-order valence-electron chi connectivity index (χ4n) is 15.8. The van der Waals surface area contributed by atoms with Crippen LogP contribution in [0.2, 0.25) is 43.7 Å². The van der Waals surface area contributed by atoms with Crippen LogP contribution in [0.3, 0.4) is 0 Å². The Morgan fingerprint density at radius 1 is 0.295 bits per heavy atom. The molecule has 3 aromatic heterocycles. The molecule has 37 heteroatoms. The number of aromatic nitrogens is 8. The second kappa shape index (κ2) is 28.3. The van der Waals surface area contributed by atoms with E-state index in [4.69, 9.17) is 152 Å². The molecule has 0 amide bonds. The summed E-state index contributed by atoms with van der Waals surface area (Å²) in [6, 6.07) is 54.0. The third-order valence-electron chi connectivity index (χ3n) is 22.4. The smallest absolute Gasteiger partial charge is 0.457 e. The van der Waals surface area contributed by atoms with Crippen LogP contribution in [-0.4, -0.2) is 207 Å². The zero-order chi connectivity index (χ0) is 71.6. The van der Waals surface area contributed by atoms with Gasteiger partial charge in [-0.2, -0.15) is 0 Å². The standard InChI is InChI=1S/C68H40B24N8O4.Zn/c69-81-61-65(85-73,89(61)77)29-33-1-9-37(10-2-33)101-41-17-21-45-49(25-41)57-95-53(45)93-54-47-23-19-43(103-39-13-5-35(6-14-39)31-67(87-75)63(83-71)91(67)79)27-51(47)59(97-54)100-60-52-28-44(104-40-15-7-36(8-16-40)32-68(88-76)64(84-72)92(68)80)20-24-48(52)56(98-60)94-55-46-22-18-42(26-50(46)58(96-55)99-57)102-38-11-3-34(4-12-38)30-66(86-74)62(82-70)90(66)78;/h1-28,61-64H,29-32H2;/q-2;+2/i81-1,82-1,83-1,84-1,85-1,86-1,87-1,88-1,89-1,90-1,91-1,92-1;. The Bertz CT molecular complexity index is 5050. The third kappa shape index (κ3) is 12.7. The molecule has 105 heavy (non-hydrogen) atoms. The number of benzene rings is 8. The molecule has 32 radical (unpaired) electrons. The van der Waals surface area contributed by atoms with Crippen LogP contribution in [0.15, 0.2) is 170 Å². The van der Waals surface area contributed by atoms with Gasteiger partial charge >= 0.3 is 19.5 Å². The number of hydrogen-bond donors (Lipinski definition) is 0. The first-order valence-corrected chi connectivity index (χ1v) is 34.4. The molecule has 8 bridgehead atoms. The molecule has 4 fully saturated rings. The van der Waals surface area contributed by atoms with Gasteiger partial charge in [0.25, 0.3) is 0 Å². The molecule has 450 valence electrons. The molecule has 11 aromatic rings. The first-order chi connectivity index (χ1) is 50.6. The van der Waals surface area contributed by atoms with Crippen molar-refractivity contribution in [1.82, 2.24) is 39.9 Å². The van der Waals surface area contributed by atoms with Crippen LogP contribution in [0.5, 0.6) is 46.0 Å². The second-order valence-electron chi connectivity index (χ2n) is 28.1. The van der Waals surface area contributed by atoms with E-state index in [2.05, 4.69) is 0 Å². The van der Waals surface area contributed by atoms with E-state index >= 15 is 0 Å². The summed E-state index contributed by atoms with van der Waals surface area (Å²) in [6.45, 7) is -0.644. The Morgan fingerprint density at radius 2 is 0.533 bits per heavy atom. The van der Waals surface area contributed by atoms with Gasteiger partial charge in [-0.15, -0.1) is 43.7 Å². The van der Waals surface area contributed by atoms with Crippen LogP contribution < -0.4 is 28.9 Å². The van der Waals surface area contributed by atoms with Crippen molar-refractivity contribution >= 4 is 221 Å². The van der Waals surface area contributed by atoms with Gasteiger partial charge in [-0.1, -0.05) is 48.5 Å². The van der Waals surface area contributed by atoms with Crippen molar-refractivity contribution in [1.29, 1.82) is 0 Å². The summed E-state index contributed by atoms with van der Waals surface area (Å²) >= 11 is 0. The van der Waals surface area contributed by atoms with Gasteiger partial charge in [0.15, 0.2) is 0 Å². The summed E-state index contributed by atoms with van der Waals surface area (Å²) in [7, 11) is 87.4. The molecule has 17 rings (SSSR count). The molecule has 0 aliphatic carbocycles. The number of rotatable bonds is 24. The molecule has 0 N–H and O–H groups in total. The van der Waals surface area contributed by atoms with Crippen LogP contribution in [0.25, 0.3) is 89.7 Å². The third-order valence-corrected chi connectivity index (χ3v) is 22.4. The minimum absolute atomic E-state index is 0.